The number of aliphatic hydroxyl groups excluding tert-OH is 4. The first-order chi connectivity index (χ1) is 40.7. The number of ether oxygens (including phenoxy) is 5. The highest BCUT2D eigenvalue weighted by Crippen LogP contribution is 2.47. The second-order valence-electron chi connectivity index (χ2n) is 20.4. The molecular formula is C57H85F10N4O14S2+. The van der Waals surface area contributed by atoms with Crippen LogP contribution < -0.4 is 4.72 Å². The fourth-order valence-corrected chi connectivity index (χ4v) is 9.52. The summed E-state index contributed by atoms with van der Waals surface area (Å²) in [5, 5.41) is 35.1. The summed E-state index contributed by atoms with van der Waals surface area (Å²) in [6.45, 7) is 19.6. The van der Waals surface area contributed by atoms with Crippen molar-refractivity contribution in [3.05, 3.63) is 91.0 Å². The van der Waals surface area contributed by atoms with Gasteiger partial charge in [-0.15, -0.1) is 0 Å². The molecule has 5 N–H and O–H groups in total. The molecule has 5 rings (SSSR count). The van der Waals surface area contributed by atoms with Gasteiger partial charge >= 0.3 is 51.6 Å². The molecule has 2 aliphatic rings. The molecule has 0 radical (unpaired) electrons. The summed E-state index contributed by atoms with van der Waals surface area (Å²) < 4.78 is 165. The summed E-state index contributed by atoms with van der Waals surface area (Å²) in [6.07, 6.45) is -1.23. The number of amides is 3. The third-order valence-electron chi connectivity index (χ3n) is 12.6. The number of aliphatic hydroxyl groups is 4. The molecule has 498 valence electrons. The number of hydrogen-bond acceptors (Lipinski definition) is 15. The molecule has 0 spiro atoms. The van der Waals surface area contributed by atoms with Gasteiger partial charge in [0.1, 0.15) is 11.2 Å². The van der Waals surface area contributed by atoms with Gasteiger partial charge in [-0.1, -0.05) is 68.4 Å². The molecule has 2 fully saturated rings. The highest BCUT2D eigenvalue weighted by atomic mass is 32.2. The smallest absolute Gasteiger partial charge is 0.443 e. The van der Waals surface area contributed by atoms with Gasteiger partial charge < -0.3 is 53.9 Å². The van der Waals surface area contributed by atoms with Gasteiger partial charge in [0.15, 0.2) is 14.7 Å². The number of sulfonamides is 1. The standard InChI is InChI=1S/C18H15S.C12H27NO6.C11H21NO3.C11H21NO2.C5HF10NO3S/c1-4-10-16(11-5-1)19(17-12-6-2-7-13-17)18-14-8-3-9-15-18;14-4-10-17-7-1-13(2-8-18-11-5-15)3-9-19-12-6-16;1-4-11(2,3)15-10(14)12-7-5-9(13)6-8-12;1-4-11(2,3)14-10(13)12-8-6-5-7-9-12;6-2(7,3(8,9)4(10,11)12)1(17)16-20(18,19)5(13,14)15/h1-15H;14-16H,1-12H2;9,13H,4-8H2,1-3H3;4-9H2,1-3H3;(H,16,17)/q+1;;;;. The zero-order chi connectivity index (χ0) is 66.0. The number of benzene rings is 3. The molecule has 2 saturated heterocycles. The van der Waals surface area contributed by atoms with Crippen molar-refractivity contribution in [1.29, 1.82) is 0 Å². The molecule has 0 aromatic heterocycles. The molecule has 0 saturated carbocycles. The van der Waals surface area contributed by atoms with E-state index in [-0.39, 0.29) is 54.6 Å². The minimum Gasteiger partial charge on any atom is -0.443 e. The summed E-state index contributed by atoms with van der Waals surface area (Å²) >= 11 is 0. The molecule has 0 bridgehead atoms. The van der Waals surface area contributed by atoms with Crippen LogP contribution in [-0.4, -0.2) is 208 Å². The van der Waals surface area contributed by atoms with Crippen LogP contribution in [0.5, 0.6) is 0 Å². The van der Waals surface area contributed by atoms with Crippen molar-refractivity contribution in [2.24, 2.45) is 0 Å². The van der Waals surface area contributed by atoms with E-state index in [1.54, 1.807) is 4.90 Å². The largest absolute Gasteiger partial charge is 0.516 e. The Hall–Kier alpha value is -5.05. The van der Waals surface area contributed by atoms with Crippen molar-refractivity contribution in [2.75, 3.05) is 105 Å². The molecule has 2 aliphatic heterocycles. The summed E-state index contributed by atoms with van der Waals surface area (Å²) in [5.74, 6) is -17.8. The fraction of sp³-hybridized carbons (Fsp3) is 0.632. The Kier molecular flexibility index (Phi) is 36.6. The number of nitrogens with one attached hydrogen (secondary N) is 1. The monoisotopic (exact) mass is 1300 g/mol. The summed E-state index contributed by atoms with van der Waals surface area (Å²) in [7, 11) is -6.88. The number of hydrogen-bond donors (Lipinski definition) is 5. The zero-order valence-electron chi connectivity index (χ0n) is 49.8. The number of carbonyl (C=O) groups is 3. The number of carbonyl (C=O) groups excluding carboxylic acids is 3. The van der Waals surface area contributed by atoms with E-state index in [2.05, 4.69) is 95.9 Å². The Morgan fingerprint density at radius 1 is 0.563 bits per heavy atom. The maximum Gasteiger partial charge on any atom is 0.516 e. The maximum atomic E-state index is 12.5. The van der Waals surface area contributed by atoms with E-state index in [0.29, 0.717) is 65.6 Å². The minimum atomic E-state index is -7.08. The van der Waals surface area contributed by atoms with E-state index >= 15 is 0 Å². The Balaban J connectivity index is 0.000000547. The van der Waals surface area contributed by atoms with Crippen LogP contribution >= 0.6 is 0 Å². The van der Waals surface area contributed by atoms with E-state index < -0.39 is 49.8 Å². The summed E-state index contributed by atoms with van der Waals surface area (Å²) in [5.41, 5.74) is -7.09. The third-order valence-corrected chi connectivity index (χ3v) is 15.9. The van der Waals surface area contributed by atoms with Gasteiger partial charge in [-0.25, -0.2) is 14.3 Å². The van der Waals surface area contributed by atoms with Gasteiger partial charge in [-0.3, -0.25) is 9.69 Å². The molecule has 87 heavy (non-hydrogen) atoms. The van der Waals surface area contributed by atoms with Gasteiger partial charge in [-0.2, -0.15) is 52.3 Å². The van der Waals surface area contributed by atoms with Crippen molar-refractivity contribution >= 4 is 39.0 Å². The molecule has 18 nitrogen and oxygen atoms in total. The van der Waals surface area contributed by atoms with Crippen molar-refractivity contribution in [2.45, 2.75) is 142 Å². The number of piperidine rings is 2. The topological polar surface area (TPSA) is 234 Å². The fourth-order valence-electron chi connectivity index (χ4n) is 6.93. The van der Waals surface area contributed by atoms with Gasteiger partial charge in [-0.05, 0) is 109 Å². The van der Waals surface area contributed by atoms with E-state index in [4.69, 9.17) is 39.0 Å². The zero-order valence-corrected chi connectivity index (χ0v) is 51.4. The maximum absolute atomic E-state index is 12.5. The number of alkyl halides is 10. The first-order valence-corrected chi connectivity index (χ1v) is 30.7. The Morgan fingerprint density at radius 2 is 0.897 bits per heavy atom. The molecule has 0 atom stereocenters. The number of rotatable bonds is 25. The Labute approximate surface area is 505 Å². The lowest BCUT2D eigenvalue weighted by atomic mass is 10.1. The van der Waals surface area contributed by atoms with Crippen LogP contribution in [0.25, 0.3) is 0 Å². The highest BCUT2D eigenvalue weighted by Gasteiger charge is 2.77. The van der Waals surface area contributed by atoms with E-state index in [1.165, 1.54) is 21.1 Å². The third kappa shape index (κ3) is 30.3. The van der Waals surface area contributed by atoms with Crippen LogP contribution in [0.2, 0.25) is 0 Å². The van der Waals surface area contributed by atoms with Gasteiger partial charge in [0.25, 0.3) is 0 Å². The number of halogens is 10. The Morgan fingerprint density at radius 3 is 1.20 bits per heavy atom. The second kappa shape index (κ2) is 39.8. The molecule has 3 amide bonds. The lowest BCUT2D eigenvalue weighted by Gasteiger charge is -2.32. The summed E-state index contributed by atoms with van der Waals surface area (Å²) in [6, 6.07) is 32.2. The minimum absolute atomic E-state index is 0.0146. The van der Waals surface area contributed by atoms with Gasteiger partial charge in [0, 0.05) is 45.8 Å². The van der Waals surface area contributed by atoms with Crippen LogP contribution in [0.1, 0.15) is 86.5 Å². The summed E-state index contributed by atoms with van der Waals surface area (Å²) in [4.78, 5) is 43.4. The van der Waals surface area contributed by atoms with Crippen molar-refractivity contribution in [1.82, 2.24) is 19.4 Å². The van der Waals surface area contributed by atoms with Crippen LogP contribution in [0.3, 0.4) is 0 Å². The molecule has 3 aromatic rings. The van der Waals surface area contributed by atoms with Gasteiger partial charge in [0.05, 0.1) is 76.5 Å². The predicted octanol–water partition coefficient (Wildman–Crippen LogP) is 9.45. The molecule has 3 aromatic carbocycles. The van der Waals surface area contributed by atoms with Crippen LogP contribution in [-0.2, 0) is 49.4 Å². The number of nitrogens with zero attached hydrogens (tertiary/aromatic N) is 3. The molecule has 30 heteroatoms. The number of likely N-dealkylation sites (tertiary alicyclic amines) is 2. The van der Waals surface area contributed by atoms with Crippen molar-refractivity contribution < 1.29 is 111 Å². The molecule has 0 unspecified atom stereocenters. The van der Waals surface area contributed by atoms with E-state index in [0.717, 1.165) is 58.4 Å². The highest BCUT2D eigenvalue weighted by molar-refractivity contribution is 7.97. The van der Waals surface area contributed by atoms with Crippen LogP contribution in [0.4, 0.5) is 53.5 Å². The SMILES string of the molecule is CCC(C)(C)OC(=O)N1CCC(O)CC1.CCC(C)(C)OC(=O)N1CCCCC1.O=C(NS(=O)(=O)C(F)(F)F)C(F)(F)C(F)(F)C(F)(F)F.OCCOCCN(CCOCCO)CCOCCO.c1ccc([S+](c2ccccc2)c2ccccc2)cc1. The first kappa shape index (κ1) is 80.0. The molecule has 2 heterocycles. The van der Waals surface area contributed by atoms with Crippen LogP contribution in [0, 0.1) is 0 Å². The van der Waals surface area contributed by atoms with Crippen molar-refractivity contribution in [3.8, 4) is 0 Å². The van der Waals surface area contributed by atoms with E-state index in [1.807, 2.05) is 46.4 Å². The average Bonchev–Trinajstić information content (AvgIpc) is 1.03. The predicted molar refractivity (Wildman–Crippen MR) is 305 cm³/mol. The Bertz CT molecular complexity index is 2340. The van der Waals surface area contributed by atoms with Crippen molar-refractivity contribution in [3.63, 3.8) is 0 Å². The quantitative estimate of drug-likeness (QED) is 0.0302. The normalized spacial score (nSPS) is 14.5. The first-order valence-electron chi connectivity index (χ1n) is 27.9. The molecular weight excluding hydrogens is 1220 g/mol. The van der Waals surface area contributed by atoms with Crippen LogP contribution in [0.15, 0.2) is 106 Å². The van der Waals surface area contributed by atoms with Gasteiger partial charge in [0.2, 0.25) is 0 Å². The molecule has 0 aliphatic carbocycles. The second-order valence-corrected chi connectivity index (χ2v) is 24.1. The average molecular weight is 1300 g/mol. The lowest BCUT2D eigenvalue weighted by Crippen LogP contribution is -2.60. The lowest BCUT2D eigenvalue weighted by molar-refractivity contribution is -0.343. The van der Waals surface area contributed by atoms with E-state index in [9.17, 15) is 71.8 Å².